The van der Waals surface area contributed by atoms with Crippen LogP contribution in [0.5, 0.6) is 5.75 Å². The van der Waals surface area contributed by atoms with Crippen LogP contribution in [0.4, 0.5) is 4.39 Å². The van der Waals surface area contributed by atoms with E-state index >= 15 is 0 Å². The van der Waals surface area contributed by atoms with Crippen LogP contribution in [-0.4, -0.2) is 17.6 Å². The first-order valence-electron chi connectivity index (χ1n) is 7.19. The minimum atomic E-state index is -0.316. The number of nitrogens with one attached hydrogen (secondary N) is 1. The molecule has 1 aromatic heterocycles. The van der Waals surface area contributed by atoms with Gasteiger partial charge in [0.15, 0.2) is 11.6 Å². The summed E-state index contributed by atoms with van der Waals surface area (Å²) in [6, 6.07) is 9.24. The number of rotatable bonds is 7. The van der Waals surface area contributed by atoms with Crippen LogP contribution < -0.4 is 10.1 Å². The van der Waals surface area contributed by atoms with Crippen LogP contribution in [0.3, 0.4) is 0 Å². The van der Waals surface area contributed by atoms with Gasteiger partial charge in [0.05, 0.1) is 6.61 Å². The molecule has 112 valence electrons. The Labute approximate surface area is 125 Å². The van der Waals surface area contributed by atoms with Gasteiger partial charge in [-0.25, -0.2) is 4.39 Å². The summed E-state index contributed by atoms with van der Waals surface area (Å²) >= 11 is 0. The van der Waals surface area contributed by atoms with Gasteiger partial charge < -0.3 is 10.1 Å². The molecule has 21 heavy (non-hydrogen) atoms. The zero-order valence-corrected chi connectivity index (χ0v) is 12.5. The van der Waals surface area contributed by atoms with Gasteiger partial charge >= 0.3 is 0 Å². The molecule has 0 bridgehead atoms. The highest BCUT2D eigenvalue weighted by Gasteiger charge is 2.10. The van der Waals surface area contributed by atoms with Crippen LogP contribution in [0.15, 0.2) is 42.7 Å². The van der Waals surface area contributed by atoms with Crippen molar-refractivity contribution in [3.05, 3.63) is 59.7 Å². The smallest absolute Gasteiger partial charge is 0.165 e. The Bertz CT molecular complexity index is 558. The molecule has 0 atom stereocenters. The lowest BCUT2D eigenvalue weighted by molar-refractivity contribution is 0.300. The molecular formula is C17H21FN2O. The summed E-state index contributed by atoms with van der Waals surface area (Å²) < 4.78 is 19.6. The fraction of sp³-hybridized carbons (Fsp3) is 0.353. The molecule has 2 rings (SSSR count). The minimum absolute atomic E-state index is 0.316. The number of nitrogens with zero attached hydrogens (tertiary/aromatic N) is 1. The number of pyridine rings is 1. The predicted octanol–water partition coefficient (Wildman–Crippen LogP) is 3.34. The largest absolute Gasteiger partial charge is 0.490 e. The van der Waals surface area contributed by atoms with Gasteiger partial charge in [-0.3, -0.25) is 4.98 Å². The molecule has 0 saturated carbocycles. The first kappa shape index (κ1) is 15.4. The molecule has 4 heteroatoms. The lowest BCUT2D eigenvalue weighted by Crippen LogP contribution is -2.22. The second kappa shape index (κ2) is 7.74. The normalized spacial score (nSPS) is 10.9. The lowest BCUT2D eigenvalue weighted by atomic mass is 10.1. The van der Waals surface area contributed by atoms with Crippen molar-refractivity contribution in [1.29, 1.82) is 0 Å². The summed E-state index contributed by atoms with van der Waals surface area (Å²) in [5.74, 6) is 0.0267. The summed E-state index contributed by atoms with van der Waals surface area (Å²) in [5, 5.41) is 3.28. The van der Waals surface area contributed by atoms with Gasteiger partial charge in [-0.2, -0.15) is 0 Å². The van der Waals surface area contributed by atoms with E-state index < -0.39 is 0 Å². The second-order valence-corrected chi connectivity index (χ2v) is 5.22. The summed E-state index contributed by atoms with van der Waals surface area (Å²) in [4.78, 5) is 4.05. The van der Waals surface area contributed by atoms with Crippen LogP contribution in [0, 0.1) is 5.82 Å². The number of ether oxygens (including phenoxy) is 1. The van der Waals surface area contributed by atoms with Crippen molar-refractivity contribution in [2.45, 2.75) is 32.9 Å². The van der Waals surface area contributed by atoms with Gasteiger partial charge in [0, 0.05) is 37.0 Å². The molecule has 0 saturated heterocycles. The van der Waals surface area contributed by atoms with Gasteiger partial charge in [0.2, 0.25) is 0 Å². The Kier molecular flexibility index (Phi) is 5.69. The standard InChI is InChI=1S/C17H21FN2O/c1-13(2)20-12-15-6-3-7-16(18)17(15)21-10-8-14-5-4-9-19-11-14/h3-7,9,11,13,20H,8,10,12H2,1-2H3. The maximum atomic E-state index is 13.9. The molecular weight excluding hydrogens is 267 g/mol. The number of aromatic nitrogens is 1. The molecule has 0 radical (unpaired) electrons. The van der Waals surface area contributed by atoms with Crippen molar-refractivity contribution in [2.24, 2.45) is 0 Å². The average molecular weight is 288 g/mol. The van der Waals surface area contributed by atoms with Crippen LogP contribution in [0.1, 0.15) is 25.0 Å². The van der Waals surface area contributed by atoms with Crippen molar-refractivity contribution in [2.75, 3.05) is 6.61 Å². The molecule has 0 aliphatic carbocycles. The van der Waals surface area contributed by atoms with E-state index in [4.69, 9.17) is 4.74 Å². The van der Waals surface area contributed by atoms with E-state index in [1.54, 1.807) is 18.5 Å². The van der Waals surface area contributed by atoms with Gasteiger partial charge in [-0.1, -0.05) is 32.0 Å². The molecule has 0 fully saturated rings. The average Bonchev–Trinajstić information content (AvgIpc) is 2.48. The van der Waals surface area contributed by atoms with Crippen molar-refractivity contribution in [3.8, 4) is 5.75 Å². The molecule has 3 nitrogen and oxygen atoms in total. The number of para-hydroxylation sites is 1. The van der Waals surface area contributed by atoms with Crippen molar-refractivity contribution in [1.82, 2.24) is 10.3 Å². The minimum Gasteiger partial charge on any atom is -0.490 e. The highest BCUT2D eigenvalue weighted by molar-refractivity contribution is 5.35. The first-order valence-corrected chi connectivity index (χ1v) is 7.19. The quantitative estimate of drug-likeness (QED) is 0.848. The van der Waals surface area contributed by atoms with Gasteiger partial charge in [0.1, 0.15) is 0 Å². The van der Waals surface area contributed by atoms with Crippen LogP contribution in [0.2, 0.25) is 0 Å². The molecule has 0 spiro atoms. The Morgan fingerprint density at radius 1 is 1.24 bits per heavy atom. The molecule has 2 aromatic rings. The zero-order chi connectivity index (χ0) is 15.1. The maximum Gasteiger partial charge on any atom is 0.165 e. The summed E-state index contributed by atoms with van der Waals surface area (Å²) in [6.45, 7) is 5.14. The van der Waals surface area contributed by atoms with Crippen molar-refractivity contribution >= 4 is 0 Å². The molecule has 0 amide bonds. The van der Waals surface area contributed by atoms with Gasteiger partial charge in [0.25, 0.3) is 0 Å². The number of hydrogen-bond donors (Lipinski definition) is 1. The van der Waals surface area contributed by atoms with E-state index in [1.807, 2.05) is 18.2 Å². The van der Waals surface area contributed by atoms with E-state index in [-0.39, 0.29) is 5.82 Å². The van der Waals surface area contributed by atoms with Crippen LogP contribution >= 0.6 is 0 Å². The molecule has 1 aromatic carbocycles. The topological polar surface area (TPSA) is 34.1 Å². The van der Waals surface area contributed by atoms with Crippen LogP contribution in [-0.2, 0) is 13.0 Å². The third-order valence-corrected chi connectivity index (χ3v) is 3.11. The monoisotopic (exact) mass is 288 g/mol. The first-order chi connectivity index (χ1) is 10.2. The van der Waals surface area contributed by atoms with E-state index in [2.05, 4.69) is 24.1 Å². The summed E-state index contributed by atoms with van der Waals surface area (Å²) in [6.07, 6.45) is 4.24. The fourth-order valence-electron chi connectivity index (χ4n) is 1.99. The summed E-state index contributed by atoms with van der Waals surface area (Å²) in [7, 11) is 0. The van der Waals surface area contributed by atoms with Crippen molar-refractivity contribution in [3.63, 3.8) is 0 Å². The predicted molar refractivity (Wildman–Crippen MR) is 81.8 cm³/mol. The molecule has 1 heterocycles. The highest BCUT2D eigenvalue weighted by Crippen LogP contribution is 2.23. The van der Waals surface area contributed by atoms with Gasteiger partial charge in [-0.15, -0.1) is 0 Å². The van der Waals surface area contributed by atoms with E-state index in [9.17, 15) is 4.39 Å². The van der Waals surface area contributed by atoms with Gasteiger partial charge in [-0.05, 0) is 17.7 Å². The van der Waals surface area contributed by atoms with E-state index in [0.717, 1.165) is 11.1 Å². The van der Waals surface area contributed by atoms with Crippen molar-refractivity contribution < 1.29 is 9.13 Å². The molecule has 0 unspecified atom stereocenters. The number of benzene rings is 1. The molecule has 0 aliphatic rings. The highest BCUT2D eigenvalue weighted by atomic mass is 19.1. The lowest BCUT2D eigenvalue weighted by Gasteiger charge is -2.14. The number of hydrogen-bond acceptors (Lipinski definition) is 3. The number of halogens is 1. The molecule has 1 N–H and O–H groups in total. The zero-order valence-electron chi connectivity index (χ0n) is 12.5. The summed E-state index contributed by atoms with van der Waals surface area (Å²) in [5.41, 5.74) is 1.92. The SMILES string of the molecule is CC(C)NCc1cccc(F)c1OCCc1cccnc1. The Morgan fingerprint density at radius 2 is 2.10 bits per heavy atom. The Hall–Kier alpha value is -1.94. The van der Waals surface area contributed by atoms with E-state index in [1.165, 1.54) is 6.07 Å². The fourth-order valence-corrected chi connectivity index (χ4v) is 1.99. The second-order valence-electron chi connectivity index (χ2n) is 5.22. The third-order valence-electron chi connectivity index (χ3n) is 3.11. The maximum absolute atomic E-state index is 13.9. The van der Waals surface area contributed by atoms with E-state index in [0.29, 0.717) is 31.4 Å². The Morgan fingerprint density at radius 3 is 2.81 bits per heavy atom. The van der Waals surface area contributed by atoms with Crippen LogP contribution in [0.25, 0.3) is 0 Å². The third kappa shape index (κ3) is 4.83. The molecule has 0 aliphatic heterocycles. The Balaban J connectivity index is 1.98.